The SMILES string of the molecule is CCOC(=O)C1(C(=O)NCCc2ccccc2N2CCN(C)CC2)C=CC(c2ccccc2)C=C1. The summed E-state index contributed by atoms with van der Waals surface area (Å²) >= 11 is 0. The number of anilines is 1. The Labute approximate surface area is 208 Å². The van der Waals surface area contributed by atoms with Crippen LogP contribution in [0.2, 0.25) is 0 Å². The molecule has 1 aliphatic carbocycles. The summed E-state index contributed by atoms with van der Waals surface area (Å²) in [6.45, 7) is 6.46. The van der Waals surface area contributed by atoms with Crippen molar-refractivity contribution in [2.45, 2.75) is 19.3 Å². The molecule has 6 heteroatoms. The van der Waals surface area contributed by atoms with Gasteiger partial charge in [0.05, 0.1) is 6.61 Å². The first kappa shape index (κ1) is 24.7. The van der Waals surface area contributed by atoms with Gasteiger partial charge in [0.25, 0.3) is 0 Å². The number of para-hydroxylation sites is 1. The highest BCUT2D eigenvalue weighted by atomic mass is 16.5. The van der Waals surface area contributed by atoms with E-state index in [0.29, 0.717) is 13.0 Å². The maximum Gasteiger partial charge on any atom is 0.329 e. The second-order valence-electron chi connectivity index (χ2n) is 9.17. The van der Waals surface area contributed by atoms with Crippen LogP contribution < -0.4 is 10.2 Å². The quantitative estimate of drug-likeness (QED) is 0.361. The summed E-state index contributed by atoms with van der Waals surface area (Å²) in [5.74, 6) is -0.886. The fourth-order valence-corrected chi connectivity index (χ4v) is 4.69. The number of rotatable bonds is 8. The van der Waals surface area contributed by atoms with Crippen LogP contribution in [0.25, 0.3) is 0 Å². The maximum atomic E-state index is 13.4. The second-order valence-corrected chi connectivity index (χ2v) is 9.17. The number of amides is 1. The molecule has 1 saturated heterocycles. The number of carbonyl (C=O) groups is 2. The molecule has 0 radical (unpaired) electrons. The number of nitrogens with one attached hydrogen (secondary N) is 1. The number of esters is 1. The summed E-state index contributed by atoms with van der Waals surface area (Å²) in [6, 6.07) is 18.4. The molecule has 2 aromatic rings. The fraction of sp³-hybridized carbons (Fsp3) is 0.379. The van der Waals surface area contributed by atoms with Gasteiger partial charge in [-0.2, -0.15) is 0 Å². The van der Waals surface area contributed by atoms with Crippen LogP contribution >= 0.6 is 0 Å². The molecule has 0 unspecified atom stereocenters. The third-order valence-electron chi connectivity index (χ3n) is 6.82. The Morgan fingerprint density at radius 1 is 0.971 bits per heavy atom. The summed E-state index contributed by atoms with van der Waals surface area (Å²) in [4.78, 5) is 31.0. The molecule has 2 aromatic carbocycles. The van der Waals surface area contributed by atoms with Crippen LogP contribution in [0.3, 0.4) is 0 Å². The third-order valence-corrected chi connectivity index (χ3v) is 6.82. The van der Waals surface area contributed by atoms with Gasteiger partial charge in [0.2, 0.25) is 5.91 Å². The third kappa shape index (κ3) is 5.65. The number of allylic oxidation sites excluding steroid dienone is 2. The lowest BCUT2D eigenvalue weighted by atomic mass is 9.79. The van der Waals surface area contributed by atoms with Crippen LogP contribution in [-0.4, -0.2) is 63.2 Å². The van der Waals surface area contributed by atoms with Gasteiger partial charge >= 0.3 is 5.97 Å². The fourth-order valence-electron chi connectivity index (χ4n) is 4.69. The number of carbonyl (C=O) groups excluding carboxylic acids is 2. The topological polar surface area (TPSA) is 61.9 Å². The second kappa shape index (κ2) is 11.4. The molecule has 184 valence electrons. The van der Waals surface area contributed by atoms with Gasteiger partial charge in [0, 0.05) is 44.3 Å². The molecule has 1 fully saturated rings. The van der Waals surface area contributed by atoms with E-state index < -0.39 is 11.4 Å². The Bertz CT molecular complexity index is 1060. The largest absolute Gasteiger partial charge is 0.465 e. The van der Waals surface area contributed by atoms with Crippen molar-refractivity contribution in [3.05, 3.63) is 90.0 Å². The van der Waals surface area contributed by atoms with Crippen LogP contribution in [0, 0.1) is 5.41 Å². The molecular formula is C29H35N3O3. The average Bonchev–Trinajstić information content (AvgIpc) is 2.90. The molecule has 0 saturated carbocycles. The predicted molar refractivity (Wildman–Crippen MR) is 139 cm³/mol. The van der Waals surface area contributed by atoms with Crippen LogP contribution in [0.4, 0.5) is 5.69 Å². The van der Waals surface area contributed by atoms with Gasteiger partial charge in [-0.15, -0.1) is 0 Å². The number of hydrogen-bond acceptors (Lipinski definition) is 5. The standard InChI is InChI=1S/C29H35N3O3/c1-3-35-28(34)29(16-13-24(14-17-29)23-9-5-4-6-10-23)27(33)30-18-15-25-11-7-8-12-26(25)32-21-19-31(2)20-22-32/h4-14,16-17,24H,3,15,18-22H2,1-2H3,(H,30,33). The van der Waals surface area contributed by atoms with Gasteiger partial charge in [-0.05, 0) is 37.6 Å². The number of nitrogens with zero attached hydrogens (tertiary/aromatic N) is 2. The van der Waals surface area contributed by atoms with E-state index in [1.54, 1.807) is 19.1 Å². The maximum absolute atomic E-state index is 13.4. The van der Waals surface area contributed by atoms with Crippen molar-refractivity contribution in [2.75, 3.05) is 51.3 Å². The van der Waals surface area contributed by atoms with Crippen molar-refractivity contribution in [1.82, 2.24) is 10.2 Å². The van der Waals surface area contributed by atoms with E-state index in [2.05, 4.69) is 40.4 Å². The zero-order valence-electron chi connectivity index (χ0n) is 20.7. The van der Waals surface area contributed by atoms with Gasteiger partial charge in [0.1, 0.15) is 0 Å². The van der Waals surface area contributed by atoms with Crippen LogP contribution in [0.5, 0.6) is 0 Å². The summed E-state index contributed by atoms with van der Waals surface area (Å²) in [7, 11) is 2.15. The van der Waals surface area contributed by atoms with Crippen molar-refractivity contribution >= 4 is 17.6 Å². The summed E-state index contributed by atoms with van der Waals surface area (Å²) in [5.41, 5.74) is 2.08. The van der Waals surface area contributed by atoms with Gasteiger partial charge in [-0.25, -0.2) is 0 Å². The van der Waals surface area contributed by atoms with Crippen LogP contribution in [0.1, 0.15) is 24.0 Å². The molecule has 0 aromatic heterocycles. The van der Waals surface area contributed by atoms with E-state index in [9.17, 15) is 9.59 Å². The number of benzene rings is 2. The zero-order valence-corrected chi connectivity index (χ0v) is 20.7. The highest BCUT2D eigenvalue weighted by molar-refractivity contribution is 6.07. The Balaban J connectivity index is 1.44. The molecule has 0 spiro atoms. The minimum atomic E-state index is -1.45. The molecule has 35 heavy (non-hydrogen) atoms. The van der Waals surface area contributed by atoms with Gasteiger partial charge < -0.3 is 19.9 Å². The van der Waals surface area contributed by atoms with Gasteiger partial charge in [0.15, 0.2) is 5.41 Å². The number of piperazine rings is 1. The first-order valence-corrected chi connectivity index (χ1v) is 12.4. The molecule has 1 heterocycles. The van der Waals surface area contributed by atoms with E-state index in [1.807, 2.05) is 48.6 Å². The summed E-state index contributed by atoms with van der Waals surface area (Å²) in [5, 5.41) is 3.00. The monoisotopic (exact) mass is 473 g/mol. The average molecular weight is 474 g/mol. The van der Waals surface area contributed by atoms with E-state index in [1.165, 1.54) is 11.3 Å². The Morgan fingerprint density at radius 3 is 2.31 bits per heavy atom. The van der Waals surface area contributed by atoms with Crippen molar-refractivity contribution in [2.24, 2.45) is 5.41 Å². The molecule has 4 rings (SSSR count). The minimum absolute atomic E-state index is 0.0158. The normalized spacial score (nSPS) is 22.1. The number of likely N-dealkylation sites (N-methyl/N-ethyl adjacent to an activating group) is 1. The Kier molecular flexibility index (Phi) is 8.03. The van der Waals surface area contributed by atoms with E-state index >= 15 is 0 Å². The molecular weight excluding hydrogens is 438 g/mol. The smallest absolute Gasteiger partial charge is 0.329 e. The zero-order chi connectivity index (χ0) is 24.7. The molecule has 1 N–H and O–H groups in total. The minimum Gasteiger partial charge on any atom is -0.465 e. The number of ether oxygens (including phenoxy) is 1. The molecule has 1 aliphatic heterocycles. The van der Waals surface area contributed by atoms with E-state index in [-0.39, 0.29) is 18.4 Å². The first-order chi connectivity index (χ1) is 17.0. The van der Waals surface area contributed by atoms with E-state index in [0.717, 1.165) is 31.7 Å². The van der Waals surface area contributed by atoms with Crippen molar-refractivity contribution in [3.8, 4) is 0 Å². The van der Waals surface area contributed by atoms with E-state index in [4.69, 9.17) is 4.74 Å². The summed E-state index contributed by atoms with van der Waals surface area (Å²) < 4.78 is 5.31. The van der Waals surface area contributed by atoms with Crippen molar-refractivity contribution in [1.29, 1.82) is 0 Å². The first-order valence-electron chi connectivity index (χ1n) is 12.4. The number of hydrogen-bond donors (Lipinski definition) is 1. The lowest BCUT2D eigenvalue weighted by molar-refractivity contribution is -0.154. The lowest BCUT2D eigenvalue weighted by Gasteiger charge is -2.35. The molecule has 6 nitrogen and oxygen atoms in total. The molecule has 1 amide bonds. The van der Waals surface area contributed by atoms with Crippen molar-refractivity contribution < 1.29 is 14.3 Å². The highest BCUT2D eigenvalue weighted by Crippen LogP contribution is 2.33. The van der Waals surface area contributed by atoms with Gasteiger partial charge in [-0.1, -0.05) is 72.8 Å². The highest BCUT2D eigenvalue weighted by Gasteiger charge is 2.44. The van der Waals surface area contributed by atoms with Crippen LogP contribution in [-0.2, 0) is 20.7 Å². The predicted octanol–water partition coefficient (Wildman–Crippen LogP) is 3.56. The summed E-state index contributed by atoms with van der Waals surface area (Å²) in [6.07, 6.45) is 7.89. The molecule has 0 atom stereocenters. The lowest BCUT2D eigenvalue weighted by Crippen LogP contribution is -2.46. The Hall–Kier alpha value is -3.38. The molecule has 2 aliphatic rings. The Morgan fingerprint density at radius 2 is 1.63 bits per heavy atom. The van der Waals surface area contributed by atoms with Crippen LogP contribution in [0.15, 0.2) is 78.9 Å². The van der Waals surface area contributed by atoms with Crippen molar-refractivity contribution in [3.63, 3.8) is 0 Å². The van der Waals surface area contributed by atoms with Gasteiger partial charge in [-0.3, -0.25) is 9.59 Å². The molecule has 0 bridgehead atoms.